The number of fused-ring (bicyclic) bond motifs is 2. The van der Waals surface area contributed by atoms with Crippen LogP contribution in [-0.4, -0.2) is 39.2 Å². The van der Waals surface area contributed by atoms with Crippen LogP contribution >= 0.6 is 0 Å². The summed E-state index contributed by atoms with van der Waals surface area (Å²) in [5, 5.41) is 19.9. The van der Waals surface area contributed by atoms with E-state index in [4.69, 9.17) is 24.7 Å². The molecule has 2 heterocycles. The molecule has 1 saturated carbocycles. The number of nitriles is 2. The Morgan fingerprint density at radius 3 is 2.40 bits per heavy atom. The monoisotopic (exact) mass is 340 g/mol. The van der Waals surface area contributed by atoms with Crippen LogP contribution in [0, 0.1) is 33.5 Å². The fourth-order valence-electron chi connectivity index (χ4n) is 4.25. The molecule has 8 heteroatoms. The molecule has 2 N–H and O–H groups in total. The lowest BCUT2D eigenvalue weighted by atomic mass is 9.94. The van der Waals surface area contributed by atoms with Gasteiger partial charge in [-0.2, -0.15) is 10.5 Å². The summed E-state index contributed by atoms with van der Waals surface area (Å²) in [6, 6.07) is 9.72. The summed E-state index contributed by atoms with van der Waals surface area (Å²) < 4.78 is 22.0. The van der Waals surface area contributed by atoms with Crippen molar-refractivity contribution in [1.29, 1.82) is 10.5 Å². The molecule has 0 radical (unpaired) electrons. The minimum absolute atomic E-state index is 0.0678. The molecule has 1 spiro atoms. The summed E-state index contributed by atoms with van der Waals surface area (Å²) in [5.74, 6) is -0.939. The van der Waals surface area contributed by atoms with Crippen LogP contribution in [0.5, 0.6) is 11.5 Å². The number of benzene rings is 1. The zero-order valence-electron chi connectivity index (χ0n) is 13.8. The molecule has 2 fully saturated rings. The Hall–Kier alpha value is -2.81. The van der Waals surface area contributed by atoms with Gasteiger partial charge in [-0.3, -0.25) is 0 Å². The Bertz CT molecular complexity index is 864. The number of rotatable bonds is 3. The summed E-state index contributed by atoms with van der Waals surface area (Å²) in [6.45, 7) is 0.584. The standard InChI is InChI=1S/C17H16N4O4/c1-22-11-4-3-10(7-12(11)23-2)13-15(8-18)14(20)21-17(16(13,15)9-19)24-5-6-25-17/h3-4,7,13H,5-6H2,1-2H3,(H2,20,21)/t13-,15+,16-/m1/s1. The van der Waals surface area contributed by atoms with E-state index < -0.39 is 22.7 Å². The second kappa shape index (κ2) is 4.85. The molecule has 128 valence electrons. The van der Waals surface area contributed by atoms with E-state index in [1.165, 1.54) is 14.2 Å². The topological polar surface area (TPSA) is 123 Å². The molecule has 1 aliphatic carbocycles. The number of hydrogen-bond acceptors (Lipinski definition) is 8. The van der Waals surface area contributed by atoms with Crippen molar-refractivity contribution in [3.05, 3.63) is 23.8 Å². The maximum absolute atomic E-state index is 10.0. The smallest absolute Gasteiger partial charge is 0.293 e. The van der Waals surface area contributed by atoms with Crippen LogP contribution in [0.1, 0.15) is 11.5 Å². The summed E-state index contributed by atoms with van der Waals surface area (Å²) in [5.41, 5.74) is 4.20. The van der Waals surface area contributed by atoms with Crippen molar-refractivity contribution >= 4 is 5.84 Å². The zero-order valence-corrected chi connectivity index (χ0v) is 13.8. The van der Waals surface area contributed by atoms with Crippen LogP contribution in [0.25, 0.3) is 0 Å². The summed E-state index contributed by atoms with van der Waals surface area (Å²) >= 11 is 0. The molecule has 1 aromatic rings. The Morgan fingerprint density at radius 2 is 1.84 bits per heavy atom. The first-order chi connectivity index (χ1) is 12.1. The van der Waals surface area contributed by atoms with Crippen molar-refractivity contribution in [2.45, 2.75) is 11.8 Å². The number of ether oxygens (including phenoxy) is 4. The minimum atomic E-state index is -1.53. The lowest BCUT2D eigenvalue weighted by molar-refractivity contribution is -0.184. The first-order valence-electron chi connectivity index (χ1n) is 7.75. The Labute approximate surface area is 144 Å². The van der Waals surface area contributed by atoms with Gasteiger partial charge in [0.25, 0.3) is 5.91 Å². The third-order valence-corrected chi connectivity index (χ3v) is 5.35. The highest BCUT2D eigenvalue weighted by Gasteiger charge is 2.94. The van der Waals surface area contributed by atoms with Crippen LogP contribution in [0.15, 0.2) is 23.2 Å². The number of nitrogens with two attached hydrogens (primary N) is 1. The summed E-state index contributed by atoms with van der Waals surface area (Å²) in [4.78, 5) is 4.24. The first kappa shape index (κ1) is 15.7. The molecule has 0 amide bonds. The van der Waals surface area contributed by atoms with Gasteiger partial charge < -0.3 is 24.7 Å². The number of nitrogens with zero attached hydrogens (tertiary/aromatic N) is 3. The third-order valence-electron chi connectivity index (χ3n) is 5.35. The maximum Gasteiger partial charge on any atom is 0.293 e. The maximum atomic E-state index is 10.0. The van der Waals surface area contributed by atoms with Crippen LogP contribution in [-0.2, 0) is 9.47 Å². The van der Waals surface area contributed by atoms with E-state index in [-0.39, 0.29) is 5.84 Å². The molecule has 8 nitrogen and oxygen atoms in total. The molecule has 1 aromatic carbocycles. The van der Waals surface area contributed by atoms with Crippen molar-refractivity contribution in [1.82, 2.24) is 0 Å². The van der Waals surface area contributed by atoms with E-state index >= 15 is 0 Å². The van der Waals surface area contributed by atoms with Crippen molar-refractivity contribution in [2.24, 2.45) is 21.6 Å². The van der Waals surface area contributed by atoms with E-state index in [2.05, 4.69) is 17.1 Å². The normalized spacial score (nSPS) is 33.9. The molecule has 4 rings (SSSR count). The first-order valence-corrected chi connectivity index (χ1v) is 7.75. The third kappa shape index (κ3) is 1.50. The highest BCUT2D eigenvalue weighted by Crippen LogP contribution is 2.82. The van der Waals surface area contributed by atoms with Gasteiger partial charge >= 0.3 is 0 Å². The van der Waals surface area contributed by atoms with Crippen LogP contribution in [0.4, 0.5) is 0 Å². The minimum Gasteiger partial charge on any atom is -0.493 e. The van der Waals surface area contributed by atoms with Crippen LogP contribution in [0.2, 0.25) is 0 Å². The molecule has 3 aliphatic rings. The quantitative estimate of drug-likeness (QED) is 0.866. The highest BCUT2D eigenvalue weighted by molar-refractivity contribution is 6.00. The van der Waals surface area contributed by atoms with Crippen molar-refractivity contribution < 1.29 is 18.9 Å². The molecule has 0 bridgehead atoms. The van der Waals surface area contributed by atoms with Gasteiger partial charge in [0.05, 0.1) is 39.6 Å². The van der Waals surface area contributed by atoms with E-state index in [1.54, 1.807) is 18.2 Å². The summed E-state index contributed by atoms with van der Waals surface area (Å²) in [7, 11) is 3.06. The molecule has 2 aliphatic heterocycles. The second-order valence-corrected chi connectivity index (χ2v) is 6.16. The van der Waals surface area contributed by atoms with E-state index in [0.717, 1.165) is 5.56 Å². The van der Waals surface area contributed by atoms with Gasteiger partial charge in [-0.1, -0.05) is 6.07 Å². The predicted molar refractivity (Wildman–Crippen MR) is 84.6 cm³/mol. The van der Waals surface area contributed by atoms with Gasteiger partial charge in [0.15, 0.2) is 16.9 Å². The van der Waals surface area contributed by atoms with Gasteiger partial charge in [-0.15, -0.1) is 0 Å². The van der Waals surface area contributed by atoms with E-state index in [0.29, 0.717) is 24.7 Å². The molecule has 0 aromatic heterocycles. The van der Waals surface area contributed by atoms with Gasteiger partial charge in [0, 0.05) is 5.92 Å². The lowest BCUT2D eigenvalue weighted by Gasteiger charge is -2.25. The van der Waals surface area contributed by atoms with Crippen molar-refractivity contribution in [3.8, 4) is 23.6 Å². The van der Waals surface area contributed by atoms with E-state index in [9.17, 15) is 10.5 Å². The molecule has 3 atom stereocenters. The fourth-order valence-corrected chi connectivity index (χ4v) is 4.25. The Morgan fingerprint density at radius 1 is 1.16 bits per heavy atom. The number of methoxy groups -OCH3 is 2. The Kier molecular flexibility index (Phi) is 3.05. The van der Waals surface area contributed by atoms with Gasteiger partial charge in [-0.05, 0) is 17.7 Å². The molecular formula is C17H16N4O4. The van der Waals surface area contributed by atoms with Crippen molar-refractivity contribution in [3.63, 3.8) is 0 Å². The second-order valence-electron chi connectivity index (χ2n) is 6.16. The SMILES string of the molecule is COc1ccc([C@H]2[C@@]3(C#N)C4(N=C(N)[C@]23C#N)OCCO4)cc1OC. The highest BCUT2D eigenvalue weighted by atomic mass is 16.8. The van der Waals surface area contributed by atoms with Crippen LogP contribution in [0.3, 0.4) is 0 Å². The van der Waals surface area contributed by atoms with Gasteiger partial charge in [0.1, 0.15) is 11.3 Å². The van der Waals surface area contributed by atoms with E-state index in [1.807, 2.05) is 0 Å². The molecule has 1 saturated heterocycles. The molecule has 25 heavy (non-hydrogen) atoms. The predicted octanol–water partition coefficient (Wildman–Crippen LogP) is 0.892. The number of amidine groups is 1. The number of aliphatic imine (C=N–C) groups is 1. The lowest BCUT2D eigenvalue weighted by Crippen LogP contribution is -2.38. The molecular weight excluding hydrogens is 324 g/mol. The average molecular weight is 340 g/mol. The zero-order chi connectivity index (χ0) is 17.9. The van der Waals surface area contributed by atoms with Gasteiger partial charge in [0.2, 0.25) is 0 Å². The average Bonchev–Trinajstić information content (AvgIpc) is 2.89. The van der Waals surface area contributed by atoms with Crippen LogP contribution < -0.4 is 15.2 Å². The Balaban J connectivity index is 1.89. The van der Waals surface area contributed by atoms with Gasteiger partial charge in [-0.25, -0.2) is 4.99 Å². The largest absolute Gasteiger partial charge is 0.493 e. The van der Waals surface area contributed by atoms with Crippen molar-refractivity contribution in [2.75, 3.05) is 27.4 Å². The fraction of sp³-hybridized carbons (Fsp3) is 0.471. The summed E-state index contributed by atoms with van der Waals surface area (Å²) in [6.07, 6.45) is 0. The number of hydrogen-bond donors (Lipinski definition) is 1. The molecule has 0 unspecified atom stereocenters.